The molecule has 0 spiro atoms. The van der Waals surface area contributed by atoms with Crippen LogP contribution in [-0.2, 0) is 18.4 Å². The summed E-state index contributed by atoms with van der Waals surface area (Å²) in [6.45, 7) is 7.80. The fraction of sp³-hybridized carbons (Fsp3) is 0.538. The Morgan fingerprint density at radius 2 is 2.05 bits per heavy atom. The van der Waals surface area contributed by atoms with Crippen LogP contribution in [0.4, 0.5) is 0 Å². The van der Waals surface area contributed by atoms with Crippen molar-refractivity contribution in [2.24, 2.45) is 7.05 Å². The summed E-state index contributed by atoms with van der Waals surface area (Å²) < 4.78 is 16.7. The molecule has 2 aromatic rings. The SMILES string of the molecule is C[C@@H](N[S+]([O-])C(C)(C)C)c1cc2cnn(C)c2cn1. The summed E-state index contributed by atoms with van der Waals surface area (Å²) in [5, 5.41) is 5.24. The molecule has 5 nitrogen and oxygen atoms in total. The lowest BCUT2D eigenvalue weighted by atomic mass is 10.2. The third-order valence-electron chi connectivity index (χ3n) is 2.94. The third kappa shape index (κ3) is 3.08. The van der Waals surface area contributed by atoms with E-state index < -0.39 is 11.4 Å². The molecule has 2 heterocycles. The average molecular weight is 280 g/mol. The normalized spacial score (nSPS) is 15.7. The number of hydrogen-bond acceptors (Lipinski definition) is 4. The van der Waals surface area contributed by atoms with Gasteiger partial charge in [-0.1, -0.05) is 0 Å². The molecule has 2 atom stereocenters. The Morgan fingerprint density at radius 1 is 1.37 bits per heavy atom. The molecule has 0 aliphatic heterocycles. The molecule has 1 unspecified atom stereocenters. The third-order valence-corrected chi connectivity index (χ3v) is 4.62. The van der Waals surface area contributed by atoms with E-state index in [1.807, 2.05) is 47.0 Å². The zero-order valence-corrected chi connectivity index (χ0v) is 12.8. The quantitative estimate of drug-likeness (QED) is 0.874. The molecule has 2 rings (SSSR count). The molecule has 0 saturated carbocycles. The van der Waals surface area contributed by atoms with Crippen LogP contribution in [0.2, 0.25) is 0 Å². The van der Waals surface area contributed by atoms with Crippen LogP contribution in [0.5, 0.6) is 0 Å². The minimum atomic E-state index is -1.11. The Morgan fingerprint density at radius 3 is 2.68 bits per heavy atom. The predicted molar refractivity (Wildman–Crippen MR) is 78.0 cm³/mol. The van der Waals surface area contributed by atoms with E-state index in [1.165, 1.54) is 0 Å². The van der Waals surface area contributed by atoms with Gasteiger partial charge in [0.15, 0.2) is 0 Å². The van der Waals surface area contributed by atoms with Crippen LogP contribution in [0.15, 0.2) is 18.5 Å². The summed E-state index contributed by atoms with van der Waals surface area (Å²) in [5.74, 6) is 0. The largest absolute Gasteiger partial charge is 0.598 e. The van der Waals surface area contributed by atoms with Gasteiger partial charge in [-0.05, 0) is 33.8 Å². The molecular weight excluding hydrogens is 260 g/mol. The first kappa shape index (κ1) is 14.3. The number of rotatable bonds is 3. The lowest BCUT2D eigenvalue weighted by Crippen LogP contribution is -2.40. The van der Waals surface area contributed by atoms with E-state index >= 15 is 0 Å². The maximum atomic E-state index is 12.1. The number of aryl methyl sites for hydroxylation is 1. The van der Waals surface area contributed by atoms with E-state index in [4.69, 9.17) is 0 Å². The second-order valence-electron chi connectivity index (χ2n) is 5.66. The van der Waals surface area contributed by atoms with Crippen molar-refractivity contribution in [1.29, 1.82) is 0 Å². The maximum absolute atomic E-state index is 12.1. The Balaban J connectivity index is 2.19. The zero-order chi connectivity index (χ0) is 14.2. The van der Waals surface area contributed by atoms with E-state index in [9.17, 15) is 4.55 Å². The van der Waals surface area contributed by atoms with Gasteiger partial charge in [-0.25, -0.2) is 0 Å². The summed E-state index contributed by atoms with van der Waals surface area (Å²) in [4.78, 5) is 4.42. The molecule has 0 radical (unpaired) electrons. The molecule has 2 aromatic heterocycles. The Bertz CT molecular complexity index is 576. The van der Waals surface area contributed by atoms with Gasteiger partial charge in [0.1, 0.15) is 4.75 Å². The molecule has 0 saturated heterocycles. The lowest BCUT2D eigenvalue weighted by Gasteiger charge is -2.26. The minimum absolute atomic E-state index is 0.0651. The fourth-order valence-corrected chi connectivity index (χ4v) is 2.50. The highest BCUT2D eigenvalue weighted by atomic mass is 32.2. The van der Waals surface area contributed by atoms with Crippen LogP contribution in [0.3, 0.4) is 0 Å². The Labute approximate surface area is 116 Å². The molecule has 0 aliphatic rings. The summed E-state index contributed by atoms with van der Waals surface area (Å²) in [7, 11) is 1.89. The van der Waals surface area contributed by atoms with Crippen LogP contribution >= 0.6 is 0 Å². The minimum Gasteiger partial charge on any atom is -0.598 e. The van der Waals surface area contributed by atoms with E-state index in [2.05, 4.69) is 14.8 Å². The van der Waals surface area contributed by atoms with Crippen molar-refractivity contribution in [1.82, 2.24) is 19.5 Å². The van der Waals surface area contributed by atoms with Gasteiger partial charge in [0.25, 0.3) is 0 Å². The van der Waals surface area contributed by atoms with Gasteiger partial charge in [-0.15, -0.1) is 4.72 Å². The van der Waals surface area contributed by atoms with Gasteiger partial charge >= 0.3 is 0 Å². The first-order valence-electron chi connectivity index (χ1n) is 6.25. The van der Waals surface area contributed by atoms with Crippen molar-refractivity contribution in [2.45, 2.75) is 38.5 Å². The monoisotopic (exact) mass is 280 g/mol. The van der Waals surface area contributed by atoms with Crippen molar-refractivity contribution >= 4 is 22.3 Å². The molecule has 0 fully saturated rings. The second kappa shape index (κ2) is 5.11. The summed E-state index contributed by atoms with van der Waals surface area (Å²) in [6.07, 6.45) is 3.61. The van der Waals surface area contributed by atoms with E-state index in [1.54, 1.807) is 10.9 Å². The molecule has 104 valence electrons. The van der Waals surface area contributed by atoms with Crippen LogP contribution in [0.1, 0.15) is 39.4 Å². The molecule has 0 amide bonds. The molecule has 19 heavy (non-hydrogen) atoms. The number of nitrogens with zero attached hydrogens (tertiary/aromatic N) is 3. The summed E-state index contributed by atoms with van der Waals surface area (Å²) in [5.41, 5.74) is 1.87. The zero-order valence-electron chi connectivity index (χ0n) is 12.0. The fourth-order valence-electron chi connectivity index (χ4n) is 1.70. The van der Waals surface area contributed by atoms with Gasteiger partial charge in [0, 0.05) is 23.8 Å². The number of fused-ring (bicyclic) bond motifs is 1. The first-order valence-corrected chi connectivity index (χ1v) is 7.39. The Hall–Kier alpha value is -1.11. The topological polar surface area (TPSA) is 65.8 Å². The van der Waals surface area contributed by atoms with Gasteiger partial charge in [-0.3, -0.25) is 9.67 Å². The van der Waals surface area contributed by atoms with Crippen molar-refractivity contribution < 1.29 is 4.55 Å². The lowest BCUT2D eigenvalue weighted by molar-refractivity contribution is 0.529. The number of aromatic nitrogens is 3. The molecule has 1 N–H and O–H groups in total. The van der Waals surface area contributed by atoms with Crippen LogP contribution in [-0.4, -0.2) is 24.1 Å². The highest BCUT2D eigenvalue weighted by molar-refractivity contribution is 7.90. The Kier molecular flexibility index (Phi) is 3.85. The summed E-state index contributed by atoms with van der Waals surface area (Å²) >= 11 is -1.11. The smallest absolute Gasteiger partial charge is 0.136 e. The van der Waals surface area contributed by atoms with Crippen molar-refractivity contribution in [3.8, 4) is 0 Å². The maximum Gasteiger partial charge on any atom is 0.136 e. The van der Waals surface area contributed by atoms with Crippen molar-refractivity contribution in [2.75, 3.05) is 0 Å². The second-order valence-corrected chi connectivity index (χ2v) is 7.65. The molecule has 0 aromatic carbocycles. The van der Waals surface area contributed by atoms with Gasteiger partial charge in [-0.2, -0.15) is 5.10 Å². The van der Waals surface area contributed by atoms with Crippen LogP contribution in [0, 0.1) is 0 Å². The van der Waals surface area contributed by atoms with Crippen LogP contribution < -0.4 is 4.72 Å². The van der Waals surface area contributed by atoms with E-state index in [0.717, 1.165) is 16.6 Å². The number of pyridine rings is 1. The molecule has 0 aliphatic carbocycles. The van der Waals surface area contributed by atoms with E-state index in [-0.39, 0.29) is 10.8 Å². The number of nitrogens with one attached hydrogen (secondary N) is 1. The molecule has 6 heteroatoms. The average Bonchev–Trinajstić information content (AvgIpc) is 2.69. The number of hydrogen-bond donors (Lipinski definition) is 1. The molecule has 0 bridgehead atoms. The van der Waals surface area contributed by atoms with Crippen molar-refractivity contribution in [3.63, 3.8) is 0 Å². The van der Waals surface area contributed by atoms with Gasteiger partial charge in [0.2, 0.25) is 0 Å². The van der Waals surface area contributed by atoms with Gasteiger partial charge in [0.05, 0.1) is 29.6 Å². The first-order chi connectivity index (χ1) is 8.79. The highest BCUT2D eigenvalue weighted by Gasteiger charge is 2.28. The standard InChI is InChI=1S/C13H20N4OS/c1-9(16-19(18)13(2,3)4)11-6-10-7-15-17(5)12(10)8-14-11/h6-9,16H,1-5H3/t9-,19?/m1/s1. The molecular formula is C13H20N4OS. The van der Waals surface area contributed by atoms with Gasteiger partial charge < -0.3 is 4.55 Å². The highest BCUT2D eigenvalue weighted by Crippen LogP contribution is 2.21. The van der Waals surface area contributed by atoms with Crippen molar-refractivity contribution in [3.05, 3.63) is 24.2 Å². The van der Waals surface area contributed by atoms with Crippen LogP contribution in [0.25, 0.3) is 10.9 Å². The predicted octanol–water partition coefficient (Wildman–Crippen LogP) is 2.08. The van der Waals surface area contributed by atoms with E-state index in [0.29, 0.717) is 0 Å². The summed E-state index contributed by atoms with van der Waals surface area (Å²) in [6, 6.07) is 1.92.